The molecule has 3 aromatic rings. The summed E-state index contributed by atoms with van der Waals surface area (Å²) in [6.45, 7) is 0.00227. The minimum atomic E-state index is -1.25. The molecule has 37 heavy (non-hydrogen) atoms. The Labute approximate surface area is 216 Å². The molecule has 2 aliphatic rings. The predicted molar refractivity (Wildman–Crippen MR) is 141 cm³/mol. The van der Waals surface area contributed by atoms with Gasteiger partial charge in [0.1, 0.15) is 6.61 Å². The maximum absolute atomic E-state index is 13.8. The van der Waals surface area contributed by atoms with Crippen LogP contribution in [0.2, 0.25) is 0 Å². The standard InChI is InChI=1S/C30H29N3O4/c34-26(22-13-7-8-14-22)19-33-25-18-10-9-17-24(25)27(23-15-5-2-6-16-23)31-28(29(33)35)32-30(36)37-20-21-11-3-1-4-12-21/h1-6,9-12,15-18,22,28H,7-8,13-14,19-20H2,(H,32,36)/t28-/m1/s1. The number of carbonyl (C=O) groups excluding carboxylic acids is 3. The van der Waals surface area contributed by atoms with Gasteiger partial charge in [-0.15, -0.1) is 0 Å². The van der Waals surface area contributed by atoms with E-state index in [1.165, 1.54) is 4.90 Å². The third-order valence-electron chi connectivity index (χ3n) is 6.85. The van der Waals surface area contributed by atoms with Crippen molar-refractivity contribution < 1.29 is 19.1 Å². The summed E-state index contributed by atoms with van der Waals surface area (Å²) in [5.74, 6) is -0.476. The van der Waals surface area contributed by atoms with Gasteiger partial charge in [-0.05, 0) is 24.5 Å². The number of aliphatic imine (C=N–C) groups is 1. The molecule has 0 radical (unpaired) electrons. The fraction of sp³-hybridized carbons (Fsp3) is 0.267. The highest BCUT2D eigenvalue weighted by molar-refractivity contribution is 6.21. The second kappa shape index (κ2) is 11.2. The highest BCUT2D eigenvalue weighted by atomic mass is 16.5. The third kappa shape index (κ3) is 5.61. The minimum Gasteiger partial charge on any atom is -0.445 e. The Morgan fingerprint density at radius 3 is 2.27 bits per heavy atom. The van der Waals surface area contributed by atoms with E-state index >= 15 is 0 Å². The summed E-state index contributed by atoms with van der Waals surface area (Å²) in [5.41, 5.74) is 3.52. The van der Waals surface area contributed by atoms with Crippen LogP contribution in [0.3, 0.4) is 0 Å². The van der Waals surface area contributed by atoms with Crippen molar-refractivity contribution in [2.45, 2.75) is 38.5 Å². The summed E-state index contributed by atoms with van der Waals surface area (Å²) < 4.78 is 5.38. The molecule has 1 fully saturated rings. The van der Waals surface area contributed by atoms with Crippen molar-refractivity contribution in [3.8, 4) is 0 Å². The van der Waals surface area contributed by atoms with Gasteiger partial charge in [0, 0.05) is 17.0 Å². The highest BCUT2D eigenvalue weighted by Crippen LogP contribution is 2.30. The maximum Gasteiger partial charge on any atom is 0.409 e. The fourth-order valence-electron chi connectivity index (χ4n) is 4.92. The number of nitrogens with one attached hydrogen (secondary N) is 1. The third-order valence-corrected chi connectivity index (χ3v) is 6.85. The molecular formula is C30H29N3O4. The number of alkyl carbamates (subject to hydrolysis) is 1. The summed E-state index contributed by atoms with van der Waals surface area (Å²) in [5, 5.41) is 2.64. The van der Waals surface area contributed by atoms with E-state index in [0.717, 1.165) is 42.4 Å². The number of para-hydroxylation sites is 1. The monoisotopic (exact) mass is 495 g/mol. The van der Waals surface area contributed by atoms with Crippen LogP contribution in [0.25, 0.3) is 0 Å². The van der Waals surface area contributed by atoms with Crippen LogP contribution in [-0.2, 0) is 20.9 Å². The van der Waals surface area contributed by atoms with Gasteiger partial charge < -0.3 is 9.64 Å². The maximum atomic E-state index is 13.8. The second-order valence-electron chi connectivity index (χ2n) is 9.34. The largest absolute Gasteiger partial charge is 0.445 e. The molecule has 1 atom stereocenters. The number of benzene rings is 3. The summed E-state index contributed by atoms with van der Waals surface area (Å²) in [6, 6.07) is 26.2. The molecule has 188 valence electrons. The molecule has 0 unspecified atom stereocenters. The average molecular weight is 496 g/mol. The topological polar surface area (TPSA) is 88.1 Å². The number of amides is 2. The van der Waals surface area contributed by atoms with E-state index in [-0.39, 0.29) is 24.9 Å². The first kappa shape index (κ1) is 24.4. The summed E-state index contributed by atoms with van der Waals surface area (Å²) in [7, 11) is 0. The molecule has 3 aromatic carbocycles. The smallest absolute Gasteiger partial charge is 0.409 e. The van der Waals surface area contributed by atoms with Crippen molar-refractivity contribution in [2.75, 3.05) is 11.4 Å². The van der Waals surface area contributed by atoms with E-state index in [9.17, 15) is 14.4 Å². The normalized spacial score (nSPS) is 17.5. The van der Waals surface area contributed by atoms with E-state index in [0.29, 0.717) is 11.4 Å². The minimum absolute atomic E-state index is 0.0363. The number of ketones is 1. The van der Waals surface area contributed by atoms with E-state index < -0.39 is 18.2 Å². The predicted octanol–water partition coefficient (Wildman–Crippen LogP) is 4.88. The summed E-state index contributed by atoms with van der Waals surface area (Å²) in [4.78, 5) is 46.0. The number of benzodiazepines with no additional fused rings is 1. The molecule has 0 aromatic heterocycles. The Bertz CT molecular complexity index is 1300. The Hall–Kier alpha value is -4.26. The van der Waals surface area contributed by atoms with Crippen LogP contribution in [0, 0.1) is 5.92 Å². The van der Waals surface area contributed by atoms with Crippen molar-refractivity contribution in [2.24, 2.45) is 10.9 Å². The van der Waals surface area contributed by atoms with E-state index in [2.05, 4.69) is 5.32 Å². The van der Waals surface area contributed by atoms with Gasteiger partial charge in [0.15, 0.2) is 5.78 Å². The fourth-order valence-corrected chi connectivity index (χ4v) is 4.92. The number of Topliss-reactive ketones (excluding diaryl/α,β-unsaturated/α-hetero) is 1. The quantitative estimate of drug-likeness (QED) is 0.506. The molecular weight excluding hydrogens is 466 g/mol. The van der Waals surface area contributed by atoms with Crippen LogP contribution in [-0.4, -0.2) is 36.2 Å². The molecule has 1 N–H and O–H groups in total. The van der Waals surface area contributed by atoms with Crippen molar-refractivity contribution >= 4 is 29.2 Å². The highest BCUT2D eigenvalue weighted by Gasteiger charge is 2.35. The SMILES string of the molecule is O=C(N[C@H]1N=C(c2ccccc2)c2ccccc2N(CC(=O)C2CCCC2)C1=O)OCc1ccccc1. The molecule has 1 saturated carbocycles. The van der Waals surface area contributed by atoms with Crippen molar-refractivity contribution in [1.82, 2.24) is 5.32 Å². The molecule has 0 saturated heterocycles. The van der Waals surface area contributed by atoms with Crippen LogP contribution in [0.1, 0.15) is 42.4 Å². The molecule has 7 heteroatoms. The Kier molecular flexibility index (Phi) is 7.40. The van der Waals surface area contributed by atoms with Crippen molar-refractivity contribution in [3.63, 3.8) is 0 Å². The Balaban J connectivity index is 1.47. The van der Waals surface area contributed by atoms with Crippen LogP contribution in [0.15, 0.2) is 89.9 Å². The van der Waals surface area contributed by atoms with E-state index in [1.807, 2.05) is 84.9 Å². The van der Waals surface area contributed by atoms with E-state index in [4.69, 9.17) is 9.73 Å². The lowest BCUT2D eigenvalue weighted by molar-refractivity contribution is -0.125. The molecule has 1 aliphatic heterocycles. The first-order valence-electron chi connectivity index (χ1n) is 12.6. The molecule has 1 heterocycles. The first-order chi connectivity index (χ1) is 18.1. The summed E-state index contributed by atoms with van der Waals surface area (Å²) >= 11 is 0. The van der Waals surface area contributed by atoms with Gasteiger partial charge in [0.05, 0.1) is 17.9 Å². The Morgan fingerprint density at radius 1 is 0.892 bits per heavy atom. The molecule has 1 aliphatic carbocycles. The molecule has 0 bridgehead atoms. The van der Waals surface area contributed by atoms with Gasteiger partial charge in [-0.3, -0.25) is 14.9 Å². The van der Waals surface area contributed by atoms with E-state index in [1.54, 1.807) is 0 Å². The molecule has 0 spiro atoms. The second-order valence-corrected chi connectivity index (χ2v) is 9.34. The zero-order valence-electron chi connectivity index (χ0n) is 20.5. The van der Waals surface area contributed by atoms with Gasteiger partial charge in [-0.1, -0.05) is 91.7 Å². The number of fused-ring (bicyclic) bond motifs is 1. The number of rotatable bonds is 7. The van der Waals surface area contributed by atoms with Crippen LogP contribution >= 0.6 is 0 Å². The Morgan fingerprint density at radius 2 is 1.54 bits per heavy atom. The van der Waals surface area contributed by atoms with Gasteiger partial charge in [0.25, 0.3) is 5.91 Å². The van der Waals surface area contributed by atoms with Crippen molar-refractivity contribution in [3.05, 3.63) is 102 Å². The van der Waals surface area contributed by atoms with Gasteiger partial charge in [-0.25, -0.2) is 9.79 Å². The van der Waals surface area contributed by atoms with Crippen LogP contribution < -0.4 is 10.2 Å². The molecule has 2 amide bonds. The molecule has 5 rings (SSSR count). The molecule has 7 nitrogen and oxygen atoms in total. The number of ether oxygens (including phenoxy) is 1. The average Bonchev–Trinajstić information content (AvgIpc) is 3.46. The van der Waals surface area contributed by atoms with Gasteiger partial charge >= 0.3 is 6.09 Å². The number of hydrogen-bond donors (Lipinski definition) is 1. The zero-order valence-corrected chi connectivity index (χ0v) is 20.5. The summed E-state index contributed by atoms with van der Waals surface area (Å²) in [6.07, 6.45) is 1.75. The van der Waals surface area contributed by atoms with Crippen LogP contribution in [0.4, 0.5) is 10.5 Å². The lowest BCUT2D eigenvalue weighted by atomic mass is 9.99. The lowest BCUT2D eigenvalue weighted by Gasteiger charge is -2.26. The van der Waals surface area contributed by atoms with Gasteiger partial charge in [-0.2, -0.15) is 0 Å². The zero-order chi connectivity index (χ0) is 25.6. The number of hydrogen-bond acceptors (Lipinski definition) is 5. The first-order valence-corrected chi connectivity index (χ1v) is 12.6. The number of carbonyl (C=O) groups is 3. The number of nitrogens with zero attached hydrogens (tertiary/aromatic N) is 2. The number of anilines is 1. The van der Waals surface area contributed by atoms with Crippen LogP contribution in [0.5, 0.6) is 0 Å². The van der Waals surface area contributed by atoms with Crippen molar-refractivity contribution in [1.29, 1.82) is 0 Å². The van der Waals surface area contributed by atoms with Gasteiger partial charge in [0.2, 0.25) is 6.17 Å². The lowest BCUT2D eigenvalue weighted by Crippen LogP contribution is -2.49.